The maximum atomic E-state index is 14.3. The number of hydrogen-bond acceptors (Lipinski definition) is 4. The highest BCUT2D eigenvalue weighted by Gasteiger charge is 2.29. The van der Waals surface area contributed by atoms with Gasteiger partial charge in [-0.25, -0.2) is 18.5 Å². The summed E-state index contributed by atoms with van der Waals surface area (Å²) in [5.41, 5.74) is -1.24. The second-order valence-electron chi connectivity index (χ2n) is 6.30. The van der Waals surface area contributed by atoms with Crippen LogP contribution in [-0.4, -0.2) is 16.6 Å². The molecule has 0 bridgehead atoms. The lowest BCUT2D eigenvalue weighted by molar-refractivity contribution is -0.384. The van der Waals surface area contributed by atoms with Crippen molar-refractivity contribution in [2.24, 2.45) is 0 Å². The predicted molar refractivity (Wildman–Crippen MR) is 95.5 cm³/mol. The molecule has 0 heterocycles. The fourth-order valence-electron chi connectivity index (χ4n) is 2.09. The molecule has 0 saturated heterocycles. The van der Waals surface area contributed by atoms with Crippen LogP contribution in [0.3, 0.4) is 0 Å². The molecule has 0 unspecified atom stereocenters. The van der Waals surface area contributed by atoms with Crippen LogP contribution in [0, 0.1) is 21.7 Å². The lowest BCUT2D eigenvalue weighted by Gasteiger charge is -2.28. The molecular weight excluding hydrogens is 414 g/mol. The normalized spacial score (nSPS) is 11.2. The molecule has 0 spiro atoms. The number of halogens is 3. The Morgan fingerprint density at radius 2 is 1.77 bits per heavy atom. The number of carbonyl (C=O) groups excluding carboxylic acids is 1. The second-order valence-corrected chi connectivity index (χ2v) is 7.16. The van der Waals surface area contributed by atoms with E-state index in [9.17, 15) is 23.7 Å². The Morgan fingerprint density at radius 1 is 1.15 bits per heavy atom. The fraction of sp³-hybridized carbons (Fsp3) is 0.235. The lowest BCUT2D eigenvalue weighted by Crippen LogP contribution is -2.34. The van der Waals surface area contributed by atoms with Crippen LogP contribution >= 0.6 is 15.9 Å². The van der Waals surface area contributed by atoms with Crippen LogP contribution in [0.1, 0.15) is 20.8 Å². The molecule has 0 N–H and O–H groups in total. The number of carbonyl (C=O) groups is 1. The van der Waals surface area contributed by atoms with Gasteiger partial charge in [0.05, 0.1) is 16.3 Å². The summed E-state index contributed by atoms with van der Waals surface area (Å²) in [6.45, 7) is 4.90. The number of amides is 1. The van der Waals surface area contributed by atoms with Crippen LogP contribution in [0.4, 0.5) is 30.6 Å². The Balaban J connectivity index is 2.61. The van der Waals surface area contributed by atoms with Crippen LogP contribution in [0.25, 0.3) is 0 Å². The quantitative estimate of drug-likeness (QED) is 0.463. The smallest absolute Gasteiger partial charge is 0.419 e. The van der Waals surface area contributed by atoms with E-state index in [4.69, 9.17) is 4.74 Å². The molecule has 0 aromatic heterocycles. The van der Waals surface area contributed by atoms with Crippen molar-refractivity contribution in [2.75, 3.05) is 4.90 Å². The van der Waals surface area contributed by atoms with Crippen LogP contribution < -0.4 is 4.90 Å². The van der Waals surface area contributed by atoms with Gasteiger partial charge in [0.15, 0.2) is 0 Å². The van der Waals surface area contributed by atoms with Crippen molar-refractivity contribution in [3.63, 3.8) is 0 Å². The number of non-ortho nitro benzene ring substituents is 1. The van der Waals surface area contributed by atoms with Gasteiger partial charge in [0.2, 0.25) is 0 Å². The van der Waals surface area contributed by atoms with Gasteiger partial charge < -0.3 is 4.74 Å². The van der Waals surface area contributed by atoms with Crippen LogP contribution in [0.15, 0.2) is 40.9 Å². The van der Waals surface area contributed by atoms with Gasteiger partial charge in [0, 0.05) is 22.7 Å². The topological polar surface area (TPSA) is 72.7 Å². The molecule has 138 valence electrons. The third kappa shape index (κ3) is 4.54. The van der Waals surface area contributed by atoms with E-state index >= 15 is 0 Å². The molecule has 0 aliphatic heterocycles. The largest absolute Gasteiger partial charge is 0.443 e. The standard InChI is InChI=1S/C17H15BrF2N2O4/c1-17(2,3)26-16(23)21(15-6-4-10(19)8-13(15)20)14-7-5-11(22(24)25)9-12(14)18/h4-9H,1-3H3. The third-order valence-electron chi connectivity index (χ3n) is 3.11. The van der Waals surface area contributed by atoms with E-state index in [1.807, 2.05) is 0 Å². The second kappa shape index (κ2) is 7.36. The third-order valence-corrected chi connectivity index (χ3v) is 3.74. The SMILES string of the molecule is CC(C)(C)OC(=O)N(c1ccc(F)cc1F)c1ccc([N+](=O)[O-])cc1Br. The summed E-state index contributed by atoms with van der Waals surface area (Å²) in [6.07, 6.45) is -0.919. The van der Waals surface area contributed by atoms with E-state index in [1.165, 1.54) is 18.2 Å². The first-order valence-electron chi connectivity index (χ1n) is 7.41. The molecule has 0 saturated carbocycles. The van der Waals surface area contributed by atoms with Gasteiger partial charge in [-0.05, 0) is 54.9 Å². The molecule has 9 heteroatoms. The van der Waals surface area contributed by atoms with Crippen molar-refractivity contribution in [2.45, 2.75) is 26.4 Å². The average Bonchev–Trinajstić information content (AvgIpc) is 2.49. The Bertz CT molecular complexity index is 868. The average molecular weight is 429 g/mol. The highest BCUT2D eigenvalue weighted by atomic mass is 79.9. The predicted octanol–water partition coefficient (Wildman–Crippen LogP) is 5.71. The molecular formula is C17H15BrF2N2O4. The van der Waals surface area contributed by atoms with Crippen molar-refractivity contribution in [1.29, 1.82) is 0 Å². The molecule has 0 fully saturated rings. The summed E-state index contributed by atoms with van der Waals surface area (Å²) >= 11 is 3.15. The summed E-state index contributed by atoms with van der Waals surface area (Å²) in [7, 11) is 0. The van der Waals surface area contributed by atoms with E-state index in [-0.39, 0.29) is 21.5 Å². The zero-order chi connectivity index (χ0) is 19.6. The number of benzene rings is 2. The van der Waals surface area contributed by atoms with E-state index in [0.717, 1.165) is 17.0 Å². The van der Waals surface area contributed by atoms with Crippen molar-refractivity contribution in [3.05, 3.63) is 62.6 Å². The fourth-order valence-corrected chi connectivity index (χ4v) is 2.63. The van der Waals surface area contributed by atoms with Gasteiger partial charge in [0.25, 0.3) is 5.69 Å². The molecule has 6 nitrogen and oxygen atoms in total. The first-order valence-corrected chi connectivity index (χ1v) is 8.21. The van der Waals surface area contributed by atoms with Crippen LogP contribution in [0.5, 0.6) is 0 Å². The van der Waals surface area contributed by atoms with Crippen molar-refractivity contribution >= 4 is 39.1 Å². The van der Waals surface area contributed by atoms with Crippen molar-refractivity contribution < 1.29 is 23.2 Å². The maximum Gasteiger partial charge on any atom is 0.419 e. The first kappa shape index (κ1) is 19.8. The van der Waals surface area contributed by atoms with Gasteiger partial charge in [-0.1, -0.05) is 0 Å². The monoisotopic (exact) mass is 428 g/mol. The molecule has 0 radical (unpaired) electrons. The van der Waals surface area contributed by atoms with Crippen molar-refractivity contribution in [1.82, 2.24) is 0 Å². The molecule has 0 atom stereocenters. The Labute approximate surface area is 156 Å². The summed E-state index contributed by atoms with van der Waals surface area (Å²) in [4.78, 5) is 23.8. The van der Waals surface area contributed by atoms with E-state index in [0.29, 0.717) is 6.07 Å². The Hall–Kier alpha value is -2.55. The minimum absolute atomic E-state index is 0.107. The number of anilines is 2. The molecule has 2 aromatic rings. The van der Waals surface area contributed by atoms with Gasteiger partial charge in [0.1, 0.15) is 17.2 Å². The highest BCUT2D eigenvalue weighted by Crippen LogP contribution is 2.37. The minimum atomic E-state index is -0.985. The molecule has 1 amide bonds. The van der Waals surface area contributed by atoms with Crippen LogP contribution in [-0.2, 0) is 4.74 Å². The van der Waals surface area contributed by atoms with Gasteiger partial charge in [-0.3, -0.25) is 10.1 Å². The van der Waals surface area contributed by atoms with E-state index in [1.54, 1.807) is 20.8 Å². The number of hydrogen-bond donors (Lipinski definition) is 0. The molecule has 2 aromatic carbocycles. The number of nitro groups is 1. The summed E-state index contributed by atoms with van der Waals surface area (Å²) in [6, 6.07) is 6.32. The number of nitrogens with zero attached hydrogens (tertiary/aromatic N) is 2. The Morgan fingerprint density at radius 3 is 2.27 bits per heavy atom. The number of nitro benzene ring substituents is 1. The molecule has 2 rings (SSSR count). The summed E-state index contributed by atoms with van der Waals surface area (Å²) in [5, 5.41) is 10.9. The lowest BCUT2D eigenvalue weighted by atomic mass is 10.2. The zero-order valence-corrected chi connectivity index (χ0v) is 15.7. The highest BCUT2D eigenvalue weighted by molar-refractivity contribution is 9.10. The maximum absolute atomic E-state index is 14.3. The summed E-state index contributed by atoms with van der Waals surface area (Å²) < 4.78 is 33.0. The number of ether oxygens (including phenoxy) is 1. The van der Waals surface area contributed by atoms with Gasteiger partial charge in [-0.15, -0.1) is 0 Å². The number of rotatable bonds is 3. The minimum Gasteiger partial charge on any atom is -0.443 e. The molecule has 0 aliphatic carbocycles. The van der Waals surface area contributed by atoms with Crippen LogP contribution in [0.2, 0.25) is 0 Å². The van der Waals surface area contributed by atoms with E-state index in [2.05, 4.69) is 15.9 Å². The molecule has 0 aliphatic rings. The molecule has 26 heavy (non-hydrogen) atoms. The summed E-state index contributed by atoms with van der Waals surface area (Å²) in [5.74, 6) is -1.79. The first-order chi connectivity index (χ1) is 12.0. The van der Waals surface area contributed by atoms with Gasteiger partial charge in [-0.2, -0.15) is 0 Å². The van der Waals surface area contributed by atoms with E-state index < -0.39 is 28.3 Å². The Kier molecular flexibility index (Phi) is 5.60. The zero-order valence-electron chi connectivity index (χ0n) is 14.1. The van der Waals surface area contributed by atoms with Gasteiger partial charge >= 0.3 is 6.09 Å². The van der Waals surface area contributed by atoms with Crippen molar-refractivity contribution in [3.8, 4) is 0 Å².